The van der Waals surface area contributed by atoms with Crippen molar-refractivity contribution in [3.05, 3.63) is 77.9 Å². The SMILES string of the molecule is O=C1C(=O)c2c(nc3cc4c(cc3c2-c2ccccc2)OCO4)-c2ccccc21. The van der Waals surface area contributed by atoms with Crippen molar-refractivity contribution in [3.8, 4) is 33.9 Å². The normalized spacial score (nSPS) is 14.1. The van der Waals surface area contributed by atoms with E-state index in [2.05, 4.69) is 0 Å². The Labute approximate surface area is 165 Å². The van der Waals surface area contributed by atoms with E-state index in [1.807, 2.05) is 54.6 Å². The number of fused-ring (bicyclic) bond motifs is 5. The summed E-state index contributed by atoms with van der Waals surface area (Å²) in [5, 5.41) is 0.750. The Hall–Kier alpha value is -3.99. The lowest BCUT2D eigenvalue weighted by atomic mass is 9.82. The molecule has 0 atom stereocenters. The van der Waals surface area contributed by atoms with Crippen LogP contribution in [0, 0.1) is 0 Å². The van der Waals surface area contributed by atoms with Crippen molar-refractivity contribution in [2.45, 2.75) is 0 Å². The third-order valence-corrected chi connectivity index (χ3v) is 5.40. The van der Waals surface area contributed by atoms with Crippen LogP contribution in [0.4, 0.5) is 0 Å². The number of aromatic nitrogens is 1. The van der Waals surface area contributed by atoms with Crippen LogP contribution in [0.1, 0.15) is 20.7 Å². The number of hydrogen-bond acceptors (Lipinski definition) is 5. The highest BCUT2D eigenvalue weighted by atomic mass is 16.7. The molecule has 2 heterocycles. The highest BCUT2D eigenvalue weighted by molar-refractivity contribution is 6.54. The zero-order valence-corrected chi connectivity index (χ0v) is 15.1. The first-order valence-corrected chi connectivity index (χ1v) is 9.23. The zero-order chi connectivity index (χ0) is 19.5. The highest BCUT2D eigenvalue weighted by Crippen LogP contribution is 2.45. The number of Topliss-reactive ketones (excluding diaryl/α,β-unsaturated/α-hetero) is 2. The molecular formula is C24H13NO4. The lowest BCUT2D eigenvalue weighted by Gasteiger charge is -2.21. The predicted octanol–water partition coefficient (Wildman–Crippen LogP) is 4.68. The minimum atomic E-state index is -0.537. The predicted molar refractivity (Wildman–Crippen MR) is 107 cm³/mol. The first kappa shape index (κ1) is 16.0. The van der Waals surface area contributed by atoms with Gasteiger partial charge in [-0.05, 0) is 11.6 Å². The standard InChI is InChI=1S/C24H13NO4/c26-23-15-9-5-4-8-14(15)22-21(24(23)27)20(13-6-2-1-3-7-13)16-10-18-19(29-12-28-18)11-17(16)25-22/h1-11H,12H2. The molecule has 0 N–H and O–H groups in total. The van der Waals surface area contributed by atoms with Crippen LogP contribution >= 0.6 is 0 Å². The van der Waals surface area contributed by atoms with Crippen LogP contribution in [-0.2, 0) is 0 Å². The lowest BCUT2D eigenvalue weighted by Crippen LogP contribution is -2.23. The third-order valence-electron chi connectivity index (χ3n) is 5.40. The van der Waals surface area contributed by atoms with Crippen LogP contribution in [0.3, 0.4) is 0 Å². The number of benzene rings is 3. The Morgan fingerprint density at radius 2 is 1.41 bits per heavy atom. The van der Waals surface area contributed by atoms with E-state index in [0.717, 1.165) is 10.9 Å². The van der Waals surface area contributed by atoms with Gasteiger partial charge in [0.2, 0.25) is 18.4 Å². The smallest absolute Gasteiger partial charge is 0.236 e. The number of nitrogens with zero attached hydrogens (tertiary/aromatic N) is 1. The van der Waals surface area contributed by atoms with E-state index in [0.29, 0.717) is 45.0 Å². The maximum atomic E-state index is 13.2. The van der Waals surface area contributed by atoms with Crippen molar-refractivity contribution >= 4 is 22.5 Å². The Morgan fingerprint density at radius 3 is 2.21 bits per heavy atom. The summed E-state index contributed by atoms with van der Waals surface area (Å²) in [6.45, 7) is 0.145. The van der Waals surface area contributed by atoms with Gasteiger partial charge < -0.3 is 9.47 Å². The fourth-order valence-corrected chi connectivity index (χ4v) is 4.10. The van der Waals surface area contributed by atoms with Crippen molar-refractivity contribution in [1.82, 2.24) is 4.98 Å². The molecule has 3 aromatic carbocycles. The van der Waals surface area contributed by atoms with Gasteiger partial charge in [0.25, 0.3) is 0 Å². The van der Waals surface area contributed by atoms with Crippen LogP contribution in [0.5, 0.6) is 11.5 Å². The van der Waals surface area contributed by atoms with E-state index in [4.69, 9.17) is 14.5 Å². The van der Waals surface area contributed by atoms with E-state index in [9.17, 15) is 9.59 Å². The quantitative estimate of drug-likeness (QED) is 0.450. The average molecular weight is 379 g/mol. The summed E-state index contributed by atoms with van der Waals surface area (Å²) in [5.41, 5.74) is 4.14. The molecule has 1 aliphatic heterocycles. The fraction of sp³-hybridized carbons (Fsp3) is 0.0417. The van der Waals surface area contributed by atoms with Crippen LogP contribution in [0.2, 0.25) is 0 Å². The Morgan fingerprint density at radius 1 is 0.724 bits per heavy atom. The van der Waals surface area contributed by atoms with Gasteiger partial charge in [-0.2, -0.15) is 0 Å². The number of carbonyl (C=O) groups excluding carboxylic acids is 2. The van der Waals surface area contributed by atoms with Crippen molar-refractivity contribution in [2.75, 3.05) is 6.79 Å². The van der Waals surface area contributed by atoms with Crippen molar-refractivity contribution < 1.29 is 19.1 Å². The molecule has 0 saturated heterocycles. The minimum Gasteiger partial charge on any atom is -0.454 e. The summed E-state index contributed by atoms with van der Waals surface area (Å²) in [6, 6.07) is 20.4. The Bertz CT molecular complexity index is 1360. The molecule has 0 unspecified atom stereocenters. The summed E-state index contributed by atoms with van der Waals surface area (Å²) in [6.07, 6.45) is 0. The number of ether oxygens (including phenoxy) is 2. The second-order valence-electron chi connectivity index (χ2n) is 7.00. The van der Waals surface area contributed by atoms with Gasteiger partial charge in [0, 0.05) is 28.1 Å². The number of ketones is 2. The topological polar surface area (TPSA) is 65.5 Å². The van der Waals surface area contributed by atoms with Gasteiger partial charge in [0.1, 0.15) is 0 Å². The molecule has 0 saturated carbocycles. The minimum absolute atomic E-state index is 0.145. The molecule has 0 spiro atoms. The molecule has 138 valence electrons. The monoisotopic (exact) mass is 379 g/mol. The summed E-state index contributed by atoms with van der Waals surface area (Å²) in [5.74, 6) is 0.179. The summed E-state index contributed by atoms with van der Waals surface area (Å²) in [4.78, 5) is 30.9. The number of pyridine rings is 1. The van der Waals surface area contributed by atoms with Gasteiger partial charge in [0.05, 0.1) is 16.8 Å². The van der Waals surface area contributed by atoms with Gasteiger partial charge >= 0.3 is 0 Å². The molecule has 29 heavy (non-hydrogen) atoms. The molecule has 1 aliphatic carbocycles. The van der Waals surface area contributed by atoms with Crippen LogP contribution in [-0.4, -0.2) is 23.3 Å². The summed E-state index contributed by atoms with van der Waals surface area (Å²) < 4.78 is 11.1. The first-order chi connectivity index (χ1) is 14.2. The number of rotatable bonds is 1. The average Bonchev–Trinajstić information content (AvgIpc) is 3.22. The largest absolute Gasteiger partial charge is 0.454 e. The maximum Gasteiger partial charge on any atom is 0.236 e. The lowest BCUT2D eigenvalue weighted by molar-refractivity contribution is 0.0815. The molecule has 0 fully saturated rings. The third kappa shape index (κ3) is 2.18. The van der Waals surface area contributed by atoms with Gasteiger partial charge in [-0.25, -0.2) is 4.98 Å². The summed E-state index contributed by atoms with van der Waals surface area (Å²) >= 11 is 0. The Balaban J connectivity index is 1.81. The van der Waals surface area contributed by atoms with Crippen molar-refractivity contribution in [1.29, 1.82) is 0 Å². The molecule has 5 heteroatoms. The van der Waals surface area contributed by atoms with E-state index in [1.54, 1.807) is 12.1 Å². The number of carbonyl (C=O) groups is 2. The van der Waals surface area contributed by atoms with E-state index in [-0.39, 0.29) is 6.79 Å². The van der Waals surface area contributed by atoms with Crippen molar-refractivity contribution in [3.63, 3.8) is 0 Å². The molecule has 2 aliphatic rings. The molecule has 6 rings (SSSR count). The molecule has 0 bridgehead atoms. The zero-order valence-electron chi connectivity index (χ0n) is 15.1. The van der Waals surface area contributed by atoms with Gasteiger partial charge in [0.15, 0.2) is 11.5 Å². The van der Waals surface area contributed by atoms with Gasteiger partial charge in [-0.15, -0.1) is 0 Å². The summed E-state index contributed by atoms with van der Waals surface area (Å²) in [7, 11) is 0. The molecule has 1 aromatic heterocycles. The van der Waals surface area contributed by atoms with Crippen LogP contribution < -0.4 is 9.47 Å². The molecule has 4 aromatic rings. The Kier molecular flexibility index (Phi) is 3.18. The molecule has 5 nitrogen and oxygen atoms in total. The van der Waals surface area contributed by atoms with Crippen molar-refractivity contribution in [2.24, 2.45) is 0 Å². The second-order valence-corrected chi connectivity index (χ2v) is 7.00. The fourth-order valence-electron chi connectivity index (χ4n) is 4.10. The second kappa shape index (κ2) is 5.75. The van der Waals surface area contributed by atoms with E-state index in [1.165, 1.54) is 0 Å². The molecular weight excluding hydrogens is 366 g/mol. The van der Waals surface area contributed by atoms with E-state index < -0.39 is 11.6 Å². The molecule has 0 radical (unpaired) electrons. The van der Waals surface area contributed by atoms with Crippen LogP contribution in [0.15, 0.2) is 66.7 Å². The van der Waals surface area contributed by atoms with Crippen LogP contribution in [0.25, 0.3) is 33.3 Å². The van der Waals surface area contributed by atoms with Gasteiger partial charge in [-0.1, -0.05) is 54.6 Å². The maximum absolute atomic E-state index is 13.2. The van der Waals surface area contributed by atoms with Gasteiger partial charge in [-0.3, -0.25) is 9.59 Å². The number of hydrogen-bond donors (Lipinski definition) is 0. The highest BCUT2D eigenvalue weighted by Gasteiger charge is 2.35. The first-order valence-electron chi connectivity index (χ1n) is 9.23. The molecule has 0 amide bonds. The van der Waals surface area contributed by atoms with E-state index >= 15 is 0 Å².